The summed E-state index contributed by atoms with van der Waals surface area (Å²) >= 11 is 1.32. The summed E-state index contributed by atoms with van der Waals surface area (Å²) in [5, 5.41) is 12.9. The molecular weight excluding hydrogens is 475 g/mol. The maximum atomic E-state index is 13.4. The molecule has 3 aromatic rings. The standard InChI is InChI=1S/C25H24F3N5OS/c1-32-23(34)20(21(29)33-19-9-5-8-18(19)31-24(32)33)22(35-17-6-3-2-4-7-17)30-14-15-10-12-16(13-11-15)25(26,27)28/h2-4,6-7,10-13,18-19,29-30H,5,8-9,14H2,1H3/b22-20-,29-21?/t18-,19+/m0/s1. The maximum absolute atomic E-state index is 13.4. The van der Waals surface area contributed by atoms with E-state index in [0.29, 0.717) is 16.2 Å². The van der Waals surface area contributed by atoms with Crippen molar-refractivity contribution in [2.45, 2.75) is 49.0 Å². The molecule has 1 aliphatic carbocycles. The first-order valence-corrected chi connectivity index (χ1v) is 12.2. The molecule has 0 unspecified atom stereocenters. The Balaban J connectivity index is 1.60. The van der Waals surface area contributed by atoms with E-state index >= 15 is 0 Å². The SMILES string of the molecule is Cn1c(=O)/c(=C(/NCc2ccc(C(F)(F)F)cc2)Sc2ccccc2)c(=N)n2c1=N[C@H]1CCC[C@H]12. The number of nitrogens with one attached hydrogen (secondary N) is 2. The molecule has 10 heteroatoms. The van der Waals surface area contributed by atoms with Crippen molar-refractivity contribution in [3.8, 4) is 0 Å². The second-order valence-electron chi connectivity index (χ2n) is 8.74. The lowest BCUT2D eigenvalue weighted by Crippen LogP contribution is -2.58. The van der Waals surface area contributed by atoms with Gasteiger partial charge in [-0.3, -0.25) is 19.3 Å². The molecule has 0 saturated heterocycles. The van der Waals surface area contributed by atoms with E-state index in [0.717, 1.165) is 36.3 Å². The topological polar surface area (TPSA) is 75.2 Å². The van der Waals surface area contributed by atoms with E-state index in [2.05, 4.69) is 5.32 Å². The number of hydrogen-bond acceptors (Lipinski definition) is 5. The summed E-state index contributed by atoms with van der Waals surface area (Å²) in [6, 6.07) is 14.5. The van der Waals surface area contributed by atoms with Gasteiger partial charge in [-0.2, -0.15) is 13.2 Å². The van der Waals surface area contributed by atoms with Crippen molar-refractivity contribution in [1.82, 2.24) is 14.5 Å². The molecule has 182 valence electrons. The Labute approximate surface area is 203 Å². The van der Waals surface area contributed by atoms with Gasteiger partial charge >= 0.3 is 6.18 Å². The van der Waals surface area contributed by atoms with Crippen LogP contribution in [-0.4, -0.2) is 15.2 Å². The molecule has 2 heterocycles. The second kappa shape index (κ2) is 9.07. The fraction of sp³-hybridized carbons (Fsp3) is 0.320. The highest BCUT2D eigenvalue weighted by atomic mass is 32.2. The highest BCUT2D eigenvalue weighted by Crippen LogP contribution is 2.33. The number of aromatic nitrogens is 2. The average molecular weight is 500 g/mol. The Hall–Kier alpha value is -3.27. The Bertz CT molecular complexity index is 1490. The van der Waals surface area contributed by atoms with E-state index in [-0.39, 0.29) is 34.9 Å². The molecule has 2 atom stereocenters. The van der Waals surface area contributed by atoms with E-state index in [1.807, 2.05) is 34.9 Å². The number of benzene rings is 2. The molecule has 2 aromatic carbocycles. The van der Waals surface area contributed by atoms with Gasteiger partial charge in [0, 0.05) is 18.5 Å². The molecule has 0 bridgehead atoms. The quantitative estimate of drug-likeness (QED) is 0.530. The zero-order chi connectivity index (χ0) is 24.7. The van der Waals surface area contributed by atoms with Gasteiger partial charge in [0.1, 0.15) is 10.7 Å². The molecule has 1 fully saturated rings. The van der Waals surface area contributed by atoms with Crippen LogP contribution in [-0.2, 0) is 19.8 Å². The fourth-order valence-corrected chi connectivity index (χ4v) is 5.67. The van der Waals surface area contributed by atoms with Gasteiger partial charge in [-0.15, -0.1) is 0 Å². The number of halogens is 3. The smallest absolute Gasteiger partial charge is 0.375 e. The van der Waals surface area contributed by atoms with Crippen molar-refractivity contribution in [2.24, 2.45) is 12.0 Å². The van der Waals surface area contributed by atoms with Crippen LogP contribution in [0.3, 0.4) is 0 Å². The summed E-state index contributed by atoms with van der Waals surface area (Å²) in [7, 11) is 1.67. The summed E-state index contributed by atoms with van der Waals surface area (Å²) in [5.74, 6) is 0. The monoisotopic (exact) mass is 499 g/mol. The predicted octanol–water partition coefficient (Wildman–Crippen LogP) is 3.06. The largest absolute Gasteiger partial charge is 0.416 e. The lowest BCUT2D eigenvalue weighted by Gasteiger charge is -2.16. The zero-order valence-electron chi connectivity index (χ0n) is 19.0. The van der Waals surface area contributed by atoms with Crippen LogP contribution in [0, 0.1) is 5.41 Å². The summed E-state index contributed by atoms with van der Waals surface area (Å²) in [6.07, 6.45) is -1.51. The Morgan fingerprint density at radius 2 is 1.86 bits per heavy atom. The molecular formula is C25H24F3N5OS. The Kier molecular flexibility index (Phi) is 6.08. The van der Waals surface area contributed by atoms with Crippen LogP contribution in [0.15, 0.2) is 69.3 Å². The zero-order valence-corrected chi connectivity index (χ0v) is 19.8. The molecule has 35 heavy (non-hydrogen) atoms. The molecule has 0 spiro atoms. The summed E-state index contributed by atoms with van der Waals surface area (Å²) < 4.78 is 42.2. The molecule has 2 N–H and O–H groups in total. The fourth-order valence-electron chi connectivity index (χ4n) is 4.71. The number of alkyl halides is 3. The molecule has 1 aromatic heterocycles. The van der Waals surface area contributed by atoms with Crippen LogP contribution in [0.4, 0.5) is 13.2 Å². The third-order valence-corrected chi connectivity index (χ3v) is 7.55. The maximum Gasteiger partial charge on any atom is 0.416 e. The van der Waals surface area contributed by atoms with Crippen molar-refractivity contribution in [3.63, 3.8) is 0 Å². The number of thioether (sulfide) groups is 1. The molecule has 5 rings (SSSR count). The summed E-state index contributed by atoms with van der Waals surface area (Å²) in [4.78, 5) is 19.0. The van der Waals surface area contributed by atoms with E-state index in [1.54, 1.807) is 7.05 Å². The van der Waals surface area contributed by atoms with Crippen LogP contribution in [0.2, 0.25) is 0 Å². The third kappa shape index (κ3) is 4.42. The van der Waals surface area contributed by atoms with Crippen LogP contribution >= 0.6 is 11.8 Å². The van der Waals surface area contributed by atoms with Gasteiger partial charge < -0.3 is 5.32 Å². The van der Waals surface area contributed by atoms with Crippen molar-refractivity contribution < 1.29 is 13.2 Å². The predicted molar refractivity (Wildman–Crippen MR) is 127 cm³/mol. The number of hydrogen-bond donors (Lipinski definition) is 2. The van der Waals surface area contributed by atoms with E-state index in [9.17, 15) is 18.0 Å². The normalized spacial score (nSPS) is 19.7. The van der Waals surface area contributed by atoms with Crippen LogP contribution in [0.5, 0.6) is 0 Å². The first-order valence-electron chi connectivity index (χ1n) is 11.3. The van der Waals surface area contributed by atoms with E-state index in [4.69, 9.17) is 10.4 Å². The van der Waals surface area contributed by atoms with Crippen molar-refractivity contribution in [1.29, 1.82) is 5.41 Å². The molecule has 0 amide bonds. The van der Waals surface area contributed by atoms with Crippen molar-refractivity contribution >= 4 is 16.8 Å². The first-order chi connectivity index (χ1) is 16.7. The third-order valence-electron chi connectivity index (χ3n) is 6.49. The average Bonchev–Trinajstić information content (AvgIpc) is 3.43. The molecule has 0 radical (unpaired) electrons. The molecule has 6 nitrogen and oxygen atoms in total. The number of nitrogens with zero attached hydrogens (tertiary/aromatic N) is 3. The van der Waals surface area contributed by atoms with E-state index in [1.165, 1.54) is 28.5 Å². The van der Waals surface area contributed by atoms with Gasteiger partial charge in [0.15, 0.2) is 0 Å². The highest BCUT2D eigenvalue weighted by molar-refractivity contribution is 8.07. The lowest BCUT2D eigenvalue weighted by atomic mass is 10.1. The first kappa shape index (κ1) is 23.5. The second-order valence-corrected chi connectivity index (χ2v) is 9.83. The minimum atomic E-state index is -4.40. The highest BCUT2D eigenvalue weighted by Gasteiger charge is 2.35. The van der Waals surface area contributed by atoms with Gasteiger partial charge in [-0.25, -0.2) is 4.99 Å². The van der Waals surface area contributed by atoms with Crippen LogP contribution < -0.4 is 27.2 Å². The number of rotatable bonds is 5. The van der Waals surface area contributed by atoms with Gasteiger partial charge in [-0.1, -0.05) is 42.1 Å². The van der Waals surface area contributed by atoms with Crippen LogP contribution in [0.25, 0.3) is 5.03 Å². The van der Waals surface area contributed by atoms with Gasteiger partial charge in [0.25, 0.3) is 5.56 Å². The van der Waals surface area contributed by atoms with Gasteiger partial charge in [-0.05, 0) is 49.1 Å². The minimum absolute atomic E-state index is 0.0703. The van der Waals surface area contributed by atoms with Gasteiger partial charge in [0.2, 0.25) is 5.62 Å². The molecule has 1 aliphatic heterocycles. The van der Waals surface area contributed by atoms with Crippen molar-refractivity contribution in [2.75, 3.05) is 0 Å². The Morgan fingerprint density at radius 1 is 1.14 bits per heavy atom. The van der Waals surface area contributed by atoms with Crippen molar-refractivity contribution in [3.05, 3.63) is 92.4 Å². The van der Waals surface area contributed by atoms with Gasteiger partial charge in [0.05, 0.1) is 22.7 Å². The molecule has 1 saturated carbocycles. The lowest BCUT2D eigenvalue weighted by molar-refractivity contribution is -0.137. The minimum Gasteiger partial charge on any atom is -0.375 e. The van der Waals surface area contributed by atoms with E-state index < -0.39 is 11.7 Å². The molecule has 2 aliphatic rings. The summed E-state index contributed by atoms with van der Waals surface area (Å²) in [5.41, 5.74) is 0.219. The Morgan fingerprint density at radius 3 is 2.54 bits per heavy atom. The number of fused-ring (bicyclic) bond motifs is 3. The summed E-state index contributed by atoms with van der Waals surface area (Å²) in [6.45, 7) is 0.202. The van der Waals surface area contributed by atoms with Crippen LogP contribution in [0.1, 0.15) is 36.4 Å².